The van der Waals surface area contributed by atoms with Crippen molar-refractivity contribution >= 4 is 11.8 Å². The Morgan fingerprint density at radius 2 is 2.21 bits per heavy atom. The van der Waals surface area contributed by atoms with Crippen molar-refractivity contribution < 1.29 is 5.11 Å². The maximum Gasteiger partial charge on any atom is 0.187 e. The molecule has 0 fully saturated rings. The topological polar surface area (TPSA) is 58.0 Å². The van der Waals surface area contributed by atoms with Crippen LogP contribution in [0.3, 0.4) is 0 Å². The van der Waals surface area contributed by atoms with E-state index in [0.717, 1.165) is 17.5 Å². The molecule has 0 saturated heterocycles. The Balaban J connectivity index is 2.32. The van der Waals surface area contributed by atoms with E-state index >= 15 is 0 Å². The number of aliphatic hydroxyl groups is 1. The Morgan fingerprint density at radius 3 is 2.79 bits per heavy atom. The van der Waals surface area contributed by atoms with Crippen LogP contribution >= 0.6 is 11.8 Å². The second-order valence-electron chi connectivity index (χ2n) is 2.78. The summed E-state index contributed by atoms with van der Waals surface area (Å²) < 4.78 is 0. The molecule has 1 rings (SSSR count). The summed E-state index contributed by atoms with van der Waals surface area (Å²) in [6.07, 6.45) is 3.44. The predicted octanol–water partition coefficient (Wildman–Crippen LogP) is 0.539. The number of aromatic nitrogens is 2. The van der Waals surface area contributed by atoms with Crippen LogP contribution in [0.15, 0.2) is 23.6 Å². The summed E-state index contributed by atoms with van der Waals surface area (Å²) in [7, 11) is 0. The van der Waals surface area contributed by atoms with E-state index in [1.807, 2.05) is 6.92 Å². The van der Waals surface area contributed by atoms with E-state index in [2.05, 4.69) is 15.3 Å². The van der Waals surface area contributed by atoms with Crippen LogP contribution in [0, 0.1) is 0 Å². The summed E-state index contributed by atoms with van der Waals surface area (Å²) in [6, 6.07) is 1.91. The van der Waals surface area contributed by atoms with Gasteiger partial charge in [-0.25, -0.2) is 9.97 Å². The highest BCUT2D eigenvalue weighted by atomic mass is 32.2. The van der Waals surface area contributed by atoms with E-state index in [-0.39, 0.29) is 12.6 Å². The van der Waals surface area contributed by atoms with Crippen molar-refractivity contribution in [1.82, 2.24) is 15.3 Å². The van der Waals surface area contributed by atoms with Gasteiger partial charge in [-0.15, -0.1) is 0 Å². The smallest absolute Gasteiger partial charge is 0.187 e. The van der Waals surface area contributed by atoms with E-state index in [0.29, 0.717) is 0 Å². The fourth-order valence-electron chi connectivity index (χ4n) is 1.000. The van der Waals surface area contributed by atoms with E-state index in [9.17, 15) is 0 Å². The van der Waals surface area contributed by atoms with Crippen molar-refractivity contribution in [2.24, 2.45) is 0 Å². The molecular formula is C9H15N3OS. The molecule has 0 amide bonds. The zero-order valence-electron chi connectivity index (χ0n) is 8.18. The fourth-order valence-corrected chi connectivity index (χ4v) is 1.84. The number of likely N-dealkylation sites (N-methyl/N-ethyl adjacent to an activating group) is 1. The quantitative estimate of drug-likeness (QED) is 0.533. The summed E-state index contributed by atoms with van der Waals surface area (Å²) >= 11 is 1.55. The fraction of sp³-hybridized carbons (Fsp3) is 0.556. The van der Waals surface area contributed by atoms with Gasteiger partial charge in [-0.1, -0.05) is 18.7 Å². The maximum absolute atomic E-state index is 9.02. The normalized spacial score (nSPS) is 12.7. The summed E-state index contributed by atoms with van der Waals surface area (Å²) in [4.78, 5) is 8.18. The molecule has 0 saturated carbocycles. The number of thioether (sulfide) groups is 1. The molecule has 4 nitrogen and oxygen atoms in total. The first-order chi connectivity index (χ1) is 6.86. The van der Waals surface area contributed by atoms with Gasteiger partial charge in [0.05, 0.1) is 6.61 Å². The van der Waals surface area contributed by atoms with Crippen LogP contribution in [0.5, 0.6) is 0 Å². The van der Waals surface area contributed by atoms with Crippen LogP contribution in [0.2, 0.25) is 0 Å². The molecule has 1 heterocycles. The van der Waals surface area contributed by atoms with Gasteiger partial charge in [0, 0.05) is 24.2 Å². The van der Waals surface area contributed by atoms with Gasteiger partial charge in [0.15, 0.2) is 5.16 Å². The summed E-state index contributed by atoms with van der Waals surface area (Å²) in [5.41, 5.74) is 0. The molecule has 14 heavy (non-hydrogen) atoms. The molecule has 0 aliphatic heterocycles. The first-order valence-electron chi connectivity index (χ1n) is 4.61. The minimum absolute atomic E-state index is 0.119. The number of nitrogens with one attached hydrogen (secondary N) is 1. The highest BCUT2D eigenvalue weighted by Gasteiger charge is 2.06. The second kappa shape index (κ2) is 6.75. The van der Waals surface area contributed by atoms with Crippen molar-refractivity contribution in [3.05, 3.63) is 18.5 Å². The number of nitrogens with zero attached hydrogens (tertiary/aromatic N) is 2. The average molecular weight is 213 g/mol. The van der Waals surface area contributed by atoms with Crippen molar-refractivity contribution in [2.45, 2.75) is 18.1 Å². The minimum Gasteiger partial charge on any atom is -0.395 e. The Morgan fingerprint density at radius 1 is 1.50 bits per heavy atom. The van der Waals surface area contributed by atoms with Crippen LogP contribution in [0.25, 0.3) is 0 Å². The van der Waals surface area contributed by atoms with E-state index in [1.54, 1.807) is 30.2 Å². The molecule has 1 aromatic rings. The third kappa shape index (κ3) is 4.04. The van der Waals surface area contributed by atoms with Crippen LogP contribution < -0.4 is 5.32 Å². The monoisotopic (exact) mass is 213 g/mol. The predicted molar refractivity (Wildman–Crippen MR) is 57.3 cm³/mol. The molecule has 2 N–H and O–H groups in total. The van der Waals surface area contributed by atoms with Gasteiger partial charge in [-0.3, -0.25) is 0 Å². The number of hydrogen-bond donors (Lipinski definition) is 2. The molecule has 0 spiro atoms. The Labute approximate surface area is 88.2 Å². The first-order valence-corrected chi connectivity index (χ1v) is 5.59. The first kappa shape index (κ1) is 11.4. The Hall–Kier alpha value is -0.650. The molecule has 0 aliphatic carbocycles. The molecule has 5 heteroatoms. The van der Waals surface area contributed by atoms with Gasteiger partial charge < -0.3 is 10.4 Å². The lowest BCUT2D eigenvalue weighted by Crippen LogP contribution is -2.34. The third-order valence-electron chi connectivity index (χ3n) is 1.67. The lowest BCUT2D eigenvalue weighted by molar-refractivity contribution is 0.255. The van der Waals surface area contributed by atoms with E-state index < -0.39 is 0 Å². The number of hydrogen-bond acceptors (Lipinski definition) is 5. The molecule has 1 atom stereocenters. The SMILES string of the molecule is CCNC(CO)CSc1ncccn1. The van der Waals surface area contributed by atoms with E-state index in [4.69, 9.17) is 5.11 Å². The number of aliphatic hydroxyl groups excluding tert-OH is 1. The Bertz CT molecular complexity index is 245. The summed E-state index contributed by atoms with van der Waals surface area (Å²) in [5, 5.41) is 12.9. The van der Waals surface area contributed by atoms with Crippen molar-refractivity contribution in [3.8, 4) is 0 Å². The molecule has 0 aliphatic rings. The van der Waals surface area contributed by atoms with Crippen molar-refractivity contribution in [2.75, 3.05) is 18.9 Å². The third-order valence-corrected chi connectivity index (χ3v) is 2.71. The molecule has 0 aromatic carbocycles. The lowest BCUT2D eigenvalue weighted by atomic mass is 10.4. The summed E-state index contributed by atoms with van der Waals surface area (Å²) in [5.74, 6) is 0.786. The van der Waals surface area contributed by atoms with Gasteiger partial charge in [-0.2, -0.15) is 0 Å². The van der Waals surface area contributed by atoms with Crippen LogP contribution in [-0.4, -0.2) is 40.0 Å². The lowest BCUT2D eigenvalue weighted by Gasteiger charge is -2.13. The van der Waals surface area contributed by atoms with Gasteiger partial charge in [-0.05, 0) is 12.6 Å². The standard InChI is InChI=1S/C9H15N3OS/c1-2-10-8(6-13)7-14-9-11-4-3-5-12-9/h3-5,8,10,13H,2,6-7H2,1H3. The highest BCUT2D eigenvalue weighted by Crippen LogP contribution is 2.11. The number of rotatable bonds is 6. The minimum atomic E-state index is 0.119. The molecule has 78 valence electrons. The van der Waals surface area contributed by atoms with Gasteiger partial charge in [0.1, 0.15) is 0 Å². The molecular weight excluding hydrogens is 198 g/mol. The van der Waals surface area contributed by atoms with Crippen molar-refractivity contribution in [3.63, 3.8) is 0 Å². The van der Waals surface area contributed by atoms with Crippen LogP contribution in [-0.2, 0) is 0 Å². The zero-order chi connectivity index (χ0) is 10.2. The molecule has 0 radical (unpaired) electrons. The van der Waals surface area contributed by atoms with Crippen molar-refractivity contribution in [1.29, 1.82) is 0 Å². The molecule has 1 aromatic heterocycles. The van der Waals surface area contributed by atoms with Gasteiger partial charge in [0.25, 0.3) is 0 Å². The van der Waals surface area contributed by atoms with Crippen LogP contribution in [0.1, 0.15) is 6.92 Å². The van der Waals surface area contributed by atoms with E-state index in [1.165, 1.54) is 0 Å². The van der Waals surface area contributed by atoms with Gasteiger partial charge in [0.2, 0.25) is 0 Å². The molecule has 1 unspecified atom stereocenters. The van der Waals surface area contributed by atoms with Crippen LogP contribution in [0.4, 0.5) is 0 Å². The van der Waals surface area contributed by atoms with Gasteiger partial charge >= 0.3 is 0 Å². The Kier molecular flexibility index (Phi) is 5.51. The highest BCUT2D eigenvalue weighted by molar-refractivity contribution is 7.99. The summed E-state index contributed by atoms with van der Waals surface area (Å²) in [6.45, 7) is 3.03. The molecule has 0 bridgehead atoms. The average Bonchev–Trinajstić information content (AvgIpc) is 2.25. The zero-order valence-corrected chi connectivity index (χ0v) is 9.00. The second-order valence-corrected chi connectivity index (χ2v) is 3.77. The largest absolute Gasteiger partial charge is 0.395 e. The maximum atomic E-state index is 9.02.